The number of hydrogen-bond donors (Lipinski definition) is 0. The monoisotopic (exact) mass is 300 g/mol. The predicted molar refractivity (Wildman–Crippen MR) is 87.1 cm³/mol. The lowest BCUT2D eigenvalue weighted by atomic mass is 10.0. The van der Waals surface area contributed by atoms with Gasteiger partial charge in [-0.25, -0.2) is 0 Å². The van der Waals surface area contributed by atoms with Crippen molar-refractivity contribution in [2.24, 2.45) is 0 Å². The summed E-state index contributed by atoms with van der Waals surface area (Å²) in [7, 11) is 0. The van der Waals surface area contributed by atoms with Gasteiger partial charge in [-0.2, -0.15) is 0 Å². The third-order valence-electron chi connectivity index (χ3n) is 3.64. The van der Waals surface area contributed by atoms with E-state index in [0.29, 0.717) is 22.2 Å². The molecule has 4 rings (SSSR count). The minimum atomic E-state index is -0.164. The van der Waals surface area contributed by atoms with Crippen LogP contribution < -0.4 is 0 Å². The molecule has 0 atom stereocenters. The van der Waals surface area contributed by atoms with Crippen molar-refractivity contribution in [2.45, 2.75) is 0 Å². The Kier molecular flexibility index (Phi) is 3.20. The molecule has 0 amide bonds. The second-order valence-electron chi connectivity index (χ2n) is 5.09. The summed E-state index contributed by atoms with van der Waals surface area (Å²) >= 11 is 0. The summed E-state index contributed by atoms with van der Waals surface area (Å²) in [5.74, 6) is 0.125. The van der Waals surface area contributed by atoms with Gasteiger partial charge >= 0.3 is 0 Å². The predicted octanol–water partition coefficient (Wildman–Crippen LogP) is 4.12. The third kappa shape index (κ3) is 2.30. The number of carbonyl (C=O) groups excluding carboxylic acids is 1. The Bertz CT molecular complexity index is 976. The molecular formula is C19H12N2O2. The molecule has 0 aliphatic carbocycles. The first-order valence-corrected chi connectivity index (χ1v) is 7.22. The molecule has 0 fully saturated rings. The highest BCUT2D eigenvalue weighted by atomic mass is 16.3. The van der Waals surface area contributed by atoms with E-state index in [1.54, 1.807) is 36.8 Å². The number of fused-ring (bicyclic) bond motifs is 1. The van der Waals surface area contributed by atoms with Crippen molar-refractivity contribution in [3.8, 4) is 11.1 Å². The zero-order valence-corrected chi connectivity index (χ0v) is 12.1. The van der Waals surface area contributed by atoms with Gasteiger partial charge in [-0.3, -0.25) is 14.8 Å². The normalized spacial score (nSPS) is 10.8. The first-order valence-electron chi connectivity index (χ1n) is 7.22. The van der Waals surface area contributed by atoms with Gasteiger partial charge in [0, 0.05) is 29.7 Å². The molecule has 0 radical (unpaired) electrons. The molecule has 0 aliphatic heterocycles. The van der Waals surface area contributed by atoms with Crippen LogP contribution >= 0.6 is 0 Å². The summed E-state index contributed by atoms with van der Waals surface area (Å²) in [6, 6.07) is 16.4. The van der Waals surface area contributed by atoms with E-state index in [4.69, 9.17) is 4.42 Å². The van der Waals surface area contributed by atoms with Gasteiger partial charge in [0.15, 0.2) is 11.3 Å². The third-order valence-corrected chi connectivity index (χ3v) is 3.64. The average Bonchev–Trinajstić information content (AvgIpc) is 3.02. The fourth-order valence-corrected chi connectivity index (χ4v) is 2.59. The molecule has 0 aliphatic rings. The summed E-state index contributed by atoms with van der Waals surface area (Å²) in [5.41, 5.74) is 3.33. The molecule has 0 spiro atoms. The molecule has 0 unspecified atom stereocenters. The molecule has 0 bridgehead atoms. The topological polar surface area (TPSA) is 56.0 Å². The zero-order valence-electron chi connectivity index (χ0n) is 12.1. The van der Waals surface area contributed by atoms with Crippen LogP contribution in [0.3, 0.4) is 0 Å². The molecule has 0 saturated heterocycles. The van der Waals surface area contributed by atoms with E-state index in [9.17, 15) is 4.79 Å². The van der Waals surface area contributed by atoms with Crippen molar-refractivity contribution in [2.75, 3.05) is 0 Å². The van der Waals surface area contributed by atoms with Gasteiger partial charge < -0.3 is 4.42 Å². The summed E-state index contributed by atoms with van der Waals surface area (Å²) in [6.07, 6.45) is 5.09. The highest BCUT2D eigenvalue weighted by Gasteiger charge is 2.23. The number of aromatic nitrogens is 2. The van der Waals surface area contributed by atoms with Crippen molar-refractivity contribution in [3.05, 3.63) is 84.5 Å². The van der Waals surface area contributed by atoms with Crippen molar-refractivity contribution < 1.29 is 9.21 Å². The van der Waals surface area contributed by atoms with E-state index < -0.39 is 0 Å². The van der Waals surface area contributed by atoms with E-state index in [0.717, 1.165) is 5.56 Å². The molecule has 4 aromatic rings. The van der Waals surface area contributed by atoms with Gasteiger partial charge in [0.2, 0.25) is 5.78 Å². The number of pyridine rings is 2. The lowest BCUT2D eigenvalue weighted by Crippen LogP contribution is -2.01. The van der Waals surface area contributed by atoms with E-state index in [-0.39, 0.29) is 11.5 Å². The minimum Gasteiger partial charge on any atom is -0.450 e. The quantitative estimate of drug-likeness (QED) is 0.534. The largest absolute Gasteiger partial charge is 0.450 e. The van der Waals surface area contributed by atoms with Gasteiger partial charge in [-0.1, -0.05) is 36.4 Å². The van der Waals surface area contributed by atoms with Crippen molar-refractivity contribution >= 4 is 16.9 Å². The van der Waals surface area contributed by atoms with E-state index >= 15 is 0 Å². The van der Waals surface area contributed by atoms with Crippen LogP contribution in [0.25, 0.3) is 22.2 Å². The van der Waals surface area contributed by atoms with Gasteiger partial charge in [0.05, 0.1) is 5.56 Å². The second-order valence-corrected chi connectivity index (χ2v) is 5.09. The molecule has 4 heteroatoms. The van der Waals surface area contributed by atoms with Crippen LogP contribution in [0, 0.1) is 0 Å². The average molecular weight is 300 g/mol. The van der Waals surface area contributed by atoms with Crippen LogP contribution in [0.15, 0.2) is 77.6 Å². The summed E-state index contributed by atoms with van der Waals surface area (Å²) in [6.45, 7) is 0. The van der Waals surface area contributed by atoms with Crippen molar-refractivity contribution in [1.29, 1.82) is 0 Å². The first-order chi connectivity index (χ1) is 11.3. The summed E-state index contributed by atoms with van der Waals surface area (Å²) < 4.78 is 5.83. The lowest BCUT2D eigenvalue weighted by molar-refractivity contribution is 0.101. The molecule has 0 N–H and O–H groups in total. The number of ketones is 1. The fraction of sp³-hybridized carbons (Fsp3) is 0. The SMILES string of the molecule is O=C(c1ccccc1)c1oc2cccnc2c1-c1cccnc1. The second kappa shape index (κ2) is 5.50. The Balaban J connectivity index is 1.98. The number of carbonyl (C=O) groups is 1. The van der Waals surface area contributed by atoms with Crippen LogP contribution in [0.1, 0.15) is 16.1 Å². The number of furan rings is 1. The molecule has 110 valence electrons. The van der Waals surface area contributed by atoms with Crippen LogP contribution in [0.2, 0.25) is 0 Å². The zero-order chi connectivity index (χ0) is 15.6. The summed E-state index contributed by atoms with van der Waals surface area (Å²) in [4.78, 5) is 21.4. The number of hydrogen-bond acceptors (Lipinski definition) is 4. The molecular weight excluding hydrogens is 288 g/mol. The highest BCUT2D eigenvalue weighted by molar-refractivity contribution is 6.14. The van der Waals surface area contributed by atoms with E-state index in [1.807, 2.05) is 36.4 Å². The Labute approximate surface area is 132 Å². The molecule has 1 aromatic carbocycles. The Morgan fingerprint density at radius 2 is 1.74 bits per heavy atom. The van der Waals surface area contributed by atoms with E-state index in [1.165, 1.54) is 0 Å². The maximum absolute atomic E-state index is 12.9. The van der Waals surface area contributed by atoms with Gasteiger partial charge in [-0.05, 0) is 18.2 Å². The standard InChI is InChI=1S/C19H12N2O2/c22-18(13-6-2-1-3-7-13)19-16(14-8-4-10-20-12-14)17-15(23-19)9-5-11-21-17/h1-12H. The molecule has 4 nitrogen and oxygen atoms in total. The van der Waals surface area contributed by atoms with E-state index in [2.05, 4.69) is 9.97 Å². The molecule has 3 heterocycles. The van der Waals surface area contributed by atoms with Crippen molar-refractivity contribution in [3.63, 3.8) is 0 Å². The van der Waals surface area contributed by atoms with Gasteiger partial charge in [0.25, 0.3) is 0 Å². The summed E-state index contributed by atoms with van der Waals surface area (Å²) in [5, 5.41) is 0. The molecule has 23 heavy (non-hydrogen) atoms. The molecule has 3 aromatic heterocycles. The number of nitrogens with zero attached hydrogens (tertiary/aromatic N) is 2. The van der Waals surface area contributed by atoms with Gasteiger partial charge in [-0.15, -0.1) is 0 Å². The lowest BCUT2D eigenvalue weighted by Gasteiger charge is -2.02. The Morgan fingerprint density at radius 1 is 0.913 bits per heavy atom. The van der Waals surface area contributed by atoms with Crippen LogP contribution in [0.4, 0.5) is 0 Å². The minimum absolute atomic E-state index is 0.164. The highest BCUT2D eigenvalue weighted by Crippen LogP contribution is 2.34. The maximum atomic E-state index is 12.9. The smallest absolute Gasteiger partial charge is 0.228 e. The van der Waals surface area contributed by atoms with Crippen LogP contribution in [0.5, 0.6) is 0 Å². The Morgan fingerprint density at radius 3 is 2.52 bits per heavy atom. The first kappa shape index (κ1) is 13.4. The van der Waals surface area contributed by atoms with Gasteiger partial charge in [0.1, 0.15) is 5.52 Å². The van der Waals surface area contributed by atoms with Crippen LogP contribution in [-0.2, 0) is 0 Å². The Hall–Kier alpha value is -3.27. The van der Waals surface area contributed by atoms with Crippen molar-refractivity contribution in [1.82, 2.24) is 9.97 Å². The molecule has 0 saturated carbocycles. The number of rotatable bonds is 3. The van der Waals surface area contributed by atoms with Crippen LogP contribution in [-0.4, -0.2) is 15.8 Å². The number of benzene rings is 1. The fourth-order valence-electron chi connectivity index (χ4n) is 2.59. The maximum Gasteiger partial charge on any atom is 0.228 e.